The van der Waals surface area contributed by atoms with Crippen LogP contribution in [0.5, 0.6) is 5.75 Å². The largest absolute Gasteiger partial charge is 0.506 e. The second kappa shape index (κ2) is 47.4. The maximum absolute atomic E-state index is 12.0. The first-order valence-corrected chi connectivity index (χ1v) is 54.2. The van der Waals surface area contributed by atoms with Gasteiger partial charge in [0.25, 0.3) is 0 Å². The van der Waals surface area contributed by atoms with Gasteiger partial charge in [-0.1, -0.05) is 140 Å². The van der Waals surface area contributed by atoms with Crippen LogP contribution in [0.3, 0.4) is 0 Å². The van der Waals surface area contributed by atoms with Crippen LogP contribution < -0.4 is 38.5 Å². The van der Waals surface area contributed by atoms with Gasteiger partial charge in [0.1, 0.15) is 23.2 Å². The van der Waals surface area contributed by atoms with Crippen molar-refractivity contribution in [2.45, 2.75) is 221 Å². The highest BCUT2D eigenvalue weighted by Crippen LogP contribution is 2.41. The molecule has 0 bridgehead atoms. The van der Waals surface area contributed by atoms with E-state index in [1.165, 1.54) is 59.0 Å². The van der Waals surface area contributed by atoms with Crippen LogP contribution in [0.2, 0.25) is 0 Å². The van der Waals surface area contributed by atoms with Gasteiger partial charge in [0.15, 0.2) is 0 Å². The number of nitrogens with zero attached hydrogens (tertiary/aromatic N) is 8. The lowest BCUT2D eigenvalue weighted by Crippen LogP contribution is -2.53. The Morgan fingerprint density at radius 1 is 0.344 bits per heavy atom. The zero-order chi connectivity index (χ0) is 90.1. The highest BCUT2D eigenvalue weighted by atomic mass is 32.2. The van der Waals surface area contributed by atoms with Crippen LogP contribution in [0, 0.1) is 30.6 Å². The third kappa shape index (κ3) is 30.5. The fourth-order valence-corrected chi connectivity index (χ4v) is 23.9. The Bertz CT molecular complexity index is 5120. The van der Waals surface area contributed by atoms with Gasteiger partial charge in [-0.15, -0.1) is 0 Å². The van der Waals surface area contributed by atoms with Gasteiger partial charge in [-0.3, -0.25) is 4.98 Å². The predicted octanol–water partition coefficient (Wildman–Crippen LogP) is 14.9. The van der Waals surface area contributed by atoms with E-state index in [0.29, 0.717) is 69.6 Å². The molecule has 8 fully saturated rings. The monoisotopic (exact) mass is 1830 g/mol. The fraction of sp³-hybridized carbons (Fsp3) is 0.556. The summed E-state index contributed by atoms with van der Waals surface area (Å²) in [7, 11) is -13.1. The minimum absolute atomic E-state index is 0.0286. The van der Waals surface area contributed by atoms with Gasteiger partial charge < -0.3 is 43.7 Å². The second-order valence-electron chi connectivity index (χ2n) is 36.9. The molecule has 0 spiro atoms. The molecule has 8 heterocycles. The van der Waals surface area contributed by atoms with Crippen molar-refractivity contribution in [1.82, 2.24) is 38.8 Å². The molecule has 5 N–H and O–H groups in total. The van der Waals surface area contributed by atoms with E-state index in [4.69, 9.17) is 18.9 Å². The van der Waals surface area contributed by atoms with Gasteiger partial charge in [0.05, 0.1) is 82.1 Å². The molecule has 4 aromatic heterocycles. The maximum Gasteiger partial charge on any atom is 0.208 e. The Kier molecular flexibility index (Phi) is 36.1. The number of piperidine rings is 4. The first-order valence-electron chi connectivity index (χ1n) is 46.6. The molecule has 696 valence electrons. The molecule has 8 aliphatic rings. The van der Waals surface area contributed by atoms with Gasteiger partial charge in [-0.05, 0) is 235 Å². The number of hydrogen-bond acceptors (Lipinski definition) is 21. The maximum atomic E-state index is 12.0. The normalized spacial score (nSPS) is 26.7. The van der Waals surface area contributed by atoms with Gasteiger partial charge in [-0.2, -0.15) is 0 Å². The van der Waals surface area contributed by atoms with E-state index in [1.807, 2.05) is 36.7 Å². The molecule has 4 aliphatic heterocycles. The summed E-state index contributed by atoms with van der Waals surface area (Å²) in [5.74, 6) is 5.70. The molecule has 0 amide bonds. The van der Waals surface area contributed by atoms with Gasteiger partial charge >= 0.3 is 0 Å². The molecule has 4 aliphatic carbocycles. The summed E-state index contributed by atoms with van der Waals surface area (Å²) >= 11 is 0. The summed E-state index contributed by atoms with van der Waals surface area (Å²) in [4.78, 5) is 26.7. The van der Waals surface area contributed by atoms with Crippen molar-refractivity contribution in [3.05, 3.63) is 234 Å². The molecular formula is C99H138N12O13S4. The smallest absolute Gasteiger partial charge is 0.208 e. The number of aromatic hydroxyl groups is 1. The van der Waals surface area contributed by atoms with Gasteiger partial charge in [0.2, 0.25) is 40.1 Å². The summed E-state index contributed by atoms with van der Waals surface area (Å²) in [5.41, 5.74) is 9.19. The van der Waals surface area contributed by atoms with E-state index < -0.39 is 40.1 Å². The lowest BCUT2D eigenvalue weighted by Gasteiger charge is -2.40. The van der Waals surface area contributed by atoms with Crippen molar-refractivity contribution >= 4 is 63.2 Å². The minimum atomic E-state index is -3.30. The molecule has 8 aromatic rings. The Balaban J connectivity index is 0.000000146. The van der Waals surface area contributed by atoms with Crippen molar-refractivity contribution in [2.75, 3.05) is 123 Å². The standard InChI is InChI=1S/C26H37N3O3S.C25H35N3O3S.C24H33N3O4S.C24H33N3O3S/c1-3-20-10-7-16-27-26(20)29-17-15-25(28-33(2,30)31)23(18-29)19-32-24-13-11-22(12-14-24)21-8-5-4-6-9-21;1-19-7-6-15-26-25(19)28-16-14-24(27-32(2,29)30)22(17-28)18-31-23-12-10-21(11-13-23)20-8-4-3-5-9-20;1-32(29,30)26-23-13-14-27(24-12-9-21(28)15-25-24)16-20(23)17-31-22-10-7-19(8-11-22)18-5-3-2-4-6-18;1-31(28,29)26-24-13-16-27(22-11-14-25-15-12-22)17-21(24)18-30-23-9-7-20(8-10-23)19-5-3-2-4-6-19/h4-10,16,22-25,28H,3,11-15,17-19H2,1-2H3;3-9,15,21-24,27H,10-14,16-18H2,1-2H3;2-6,9,12,15,19-20,22-23,26,28H,7-8,10-11,13-14,16-17H2,1H3;2-6,11-12,14-15,20-21,23-24,26H,7-10,13,16-18H2,1H3/t22?,23?,24?,25-;21?,22?,23?,24-;19?,20?,22?,23-;20?,21?,23?,24-/m0000/s1. The first kappa shape index (κ1) is 97.5. The Labute approximate surface area is 762 Å². The molecule has 4 saturated carbocycles. The number of benzene rings is 4. The Hall–Kier alpha value is -8.04. The average Bonchev–Trinajstić information content (AvgIpc) is 0.818. The van der Waals surface area contributed by atoms with E-state index in [9.17, 15) is 38.8 Å². The van der Waals surface area contributed by atoms with Crippen LogP contribution in [-0.4, -0.2) is 211 Å². The average molecular weight is 1830 g/mol. The number of sulfonamides is 4. The molecule has 16 rings (SSSR count). The number of aromatic nitrogens is 4. The number of nitrogens with one attached hydrogen (secondary N) is 4. The molecule has 8 atom stereocenters. The van der Waals surface area contributed by atoms with Crippen LogP contribution in [0.4, 0.5) is 23.1 Å². The molecule has 0 radical (unpaired) electrons. The molecule has 4 unspecified atom stereocenters. The fourth-order valence-electron chi connectivity index (χ4n) is 20.5. The first-order chi connectivity index (χ1) is 61.7. The SMILES string of the molecule is CCc1cccnc1N1CC[C@H](NS(C)(=O)=O)C(COC2CCC(c3ccccc3)CC2)C1.CS(=O)(=O)N[C@H]1CCN(c2ccc(O)cn2)CC1COC1CCC(c2ccccc2)CC1.CS(=O)(=O)N[C@H]1CCN(c2ccncc2)CC1COC1CCC(c2ccccc2)CC1.Cc1cccnc1N1CC[C@H](NS(C)(=O)=O)C(COC2CCC(c3ccccc3)CC2)C1. The quantitative estimate of drug-likeness (QED) is 0.0291. The van der Waals surface area contributed by atoms with E-state index in [0.717, 1.165) is 196 Å². The summed E-state index contributed by atoms with van der Waals surface area (Å²) < 4.78 is 132. The third-order valence-corrected chi connectivity index (χ3v) is 30.2. The molecule has 128 heavy (non-hydrogen) atoms. The van der Waals surface area contributed by atoms with E-state index >= 15 is 0 Å². The van der Waals surface area contributed by atoms with Crippen LogP contribution in [0.15, 0.2) is 201 Å². The molecular weight excluding hydrogens is 1690 g/mol. The van der Waals surface area contributed by atoms with E-state index in [-0.39, 0.29) is 78.0 Å². The molecule has 4 saturated heterocycles. The highest BCUT2D eigenvalue weighted by molar-refractivity contribution is 7.89. The zero-order valence-corrected chi connectivity index (χ0v) is 78.9. The Morgan fingerprint density at radius 3 is 0.984 bits per heavy atom. The Morgan fingerprint density at radius 2 is 0.656 bits per heavy atom. The summed E-state index contributed by atoms with van der Waals surface area (Å²) in [5, 5.41) is 9.52. The van der Waals surface area contributed by atoms with E-state index in [2.05, 4.69) is 206 Å². The van der Waals surface area contributed by atoms with Gasteiger partial charge in [-0.25, -0.2) is 67.5 Å². The molecule has 4 aromatic carbocycles. The number of pyridine rings is 4. The lowest BCUT2D eigenvalue weighted by molar-refractivity contribution is -0.00226. The molecule has 29 heteroatoms. The summed E-state index contributed by atoms with van der Waals surface area (Å²) in [6, 6.07) is 58.0. The molecule has 25 nitrogen and oxygen atoms in total. The zero-order valence-electron chi connectivity index (χ0n) is 75.7. The highest BCUT2D eigenvalue weighted by Gasteiger charge is 2.39. The number of hydrogen-bond donors (Lipinski definition) is 5. The second-order valence-corrected chi connectivity index (χ2v) is 44.0. The van der Waals surface area contributed by atoms with E-state index in [1.54, 1.807) is 24.5 Å². The van der Waals surface area contributed by atoms with Crippen LogP contribution in [0.1, 0.15) is 192 Å². The summed E-state index contributed by atoms with van der Waals surface area (Å²) in [6.45, 7) is 12.4. The van der Waals surface area contributed by atoms with Crippen molar-refractivity contribution in [3.8, 4) is 5.75 Å². The minimum Gasteiger partial charge on any atom is -0.506 e. The van der Waals surface area contributed by atoms with Crippen LogP contribution >= 0.6 is 0 Å². The topological polar surface area (TPSA) is 306 Å². The number of aryl methyl sites for hydroxylation is 2. The number of anilines is 4. The number of ether oxygens (including phenoxy) is 4. The van der Waals surface area contributed by atoms with Crippen LogP contribution in [-0.2, 0) is 65.5 Å². The predicted molar refractivity (Wildman–Crippen MR) is 511 cm³/mol. The van der Waals surface area contributed by atoms with Crippen molar-refractivity contribution in [1.29, 1.82) is 0 Å². The van der Waals surface area contributed by atoms with Crippen molar-refractivity contribution < 1.29 is 57.7 Å². The lowest BCUT2D eigenvalue weighted by atomic mass is 9.82. The van der Waals surface area contributed by atoms with Crippen LogP contribution in [0.25, 0.3) is 0 Å². The number of rotatable bonds is 29. The van der Waals surface area contributed by atoms with Crippen molar-refractivity contribution in [3.63, 3.8) is 0 Å². The van der Waals surface area contributed by atoms with Crippen molar-refractivity contribution in [2.24, 2.45) is 23.7 Å². The summed E-state index contributed by atoms with van der Waals surface area (Å²) in [6.07, 6.45) is 36.0. The third-order valence-electron chi connectivity index (χ3n) is 27.3. The van der Waals surface area contributed by atoms with Gasteiger partial charge in [0, 0.05) is 131 Å².